The highest BCUT2D eigenvalue weighted by Gasteiger charge is 2.23. The summed E-state index contributed by atoms with van der Waals surface area (Å²) in [5.41, 5.74) is -0.803. The Labute approximate surface area is 84.6 Å². The number of hydrogen-bond acceptors (Lipinski definition) is 4. The lowest BCUT2D eigenvalue weighted by molar-refractivity contribution is -0.385. The van der Waals surface area contributed by atoms with Crippen molar-refractivity contribution >= 4 is 11.5 Å². The Hall–Kier alpha value is -1.98. The Morgan fingerprint density at radius 1 is 1.53 bits per heavy atom. The fraction of sp³-hybridized carbons (Fsp3) is 0.222. The van der Waals surface area contributed by atoms with Crippen molar-refractivity contribution in [3.8, 4) is 5.75 Å². The van der Waals surface area contributed by atoms with Crippen LogP contribution in [0.3, 0.4) is 0 Å². The van der Waals surface area contributed by atoms with Gasteiger partial charge in [-0.1, -0.05) is 0 Å². The third-order valence-corrected chi connectivity index (χ3v) is 1.81. The molecule has 0 aromatic heterocycles. The molecule has 0 spiro atoms. The summed E-state index contributed by atoms with van der Waals surface area (Å²) in [5, 5.41) is 10.6. The monoisotopic (exact) mass is 213 g/mol. The number of nitro benzene ring substituents is 1. The van der Waals surface area contributed by atoms with E-state index in [0.717, 1.165) is 13.0 Å². The quantitative estimate of drug-likeness (QED) is 0.437. The standard InChI is InChI=1S/C9H8FNO4/c1-5(12)9-7(11(13)14)3-6(10)4-8(9)15-2/h3-4H,1-2H3. The molecule has 0 heterocycles. The molecular formula is C9H8FNO4. The van der Waals surface area contributed by atoms with Gasteiger partial charge in [-0.3, -0.25) is 14.9 Å². The zero-order valence-corrected chi connectivity index (χ0v) is 8.11. The maximum absolute atomic E-state index is 12.9. The summed E-state index contributed by atoms with van der Waals surface area (Å²) in [6, 6.07) is 1.63. The average Bonchev–Trinajstić information content (AvgIpc) is 2.15. The Balaban J connectivity index is 3.54. The Morgan fingerprint density at radius 2 is 2.13 bits per heavy atom. The second kappa shape index (κ2) is 4.04. The minimum Gasteiger partial charge on any atom is -0.496 e. The number of nitrogens with zero attached hydrogens (tertiary/aromatic N) is 1. The molecule has 0 bridgehead atoms. The molecule has 0 aliphatic heterocycles. The van der Waals surface area contributed by atoms with Crippen molar-refractivity contribution in [1.29, 1.82) is 0 Å². The van der Waals surface area contributed by atoms with Crippen LogP contribution < -0.4 is 4.74 Å². The number of rotatable bonds is 3. The van der Waals surface area contributed by atoms with Crippen LogP contribution in [-0.4, -0.2) is 17.8 Å². The fourth-order valence-corrected chi connectivity index (χ4v) is 1.23. The van der Waals surface area contributed by atoms with Gasteiger partial charge in [0.1, 0.15) is 17.1 Å². The first kappa shape index (κ1) is 11.1. The molecule has 0 N–H and O–H groups in total. The summed E-state index contributed by atoms with van der Waals surface area (Å²) in [6.45, 7) is 1.16. The predicted molar refractivity (Wildman–Crippen MR) is 49.6 cm³/mol. The van der Waals surface area contributed by atoms with E-state index in [-0.39, 0.29) is 11.3 Å². The predicted octanol–water partition coefficient (Wildman–Crippen LogP) is 1.95. The zero-order chi connectivity index (χ0) is 11.6. The molecule has 0 fully saturated rings. The number of carbonyl (C=O) groups is 1. The second-order valence-corrected chi connectivity index (χ2v) is 2.82. The van der Waals surface area contributed by atoms with Gasteiger partial charge in [-0.15, -0.1) is 0 Å². The smallest absolute Gasteiger partial charge is 0.286 e. The molecule has 0 saturated heterocycles. The van der Waals surface area contributed by atoms with E-state index in [0.29, 0.717) is 6.07 Å². The highest BCUT2D eigenvalue weighted by molar-refractivity contribution is 6.00. The Bertz CT molecular complexity index is 430. The minimum atomic E-state index is -0.817. The highest BCUT2D eigenvalue weighted by Crippen LogP contribution is 2.29. The Morgan fingerprint density at radius 3 is 2.53 bits per heavy atom. The summed E-state index contributed by atoms with van der Waals surface area (Å²) >= 11 is 0. The molecular weight excluding hydrogens is 205 g/mol. The van der Waals surface area contributed by atoms with Crippen molar-refractivity contribution in [3.63, 3.8) is 0 Å². The zero-order valence-electron chi connectivity index (χ0n) is 8.11. The number of halogens is 1. The molecule has 6 heteroatoms. The summed E-state index contributed by atoms with van der Waals surface area (Å²) in [6.07, 6.45) is 0. The number of carbonyl (C=O) groups excluding carboxylic acids is 1. The van der Waals surface area contributed by atoms with Crippen LogP contribution in [0.4, 0.5) is 10.1 Å². The first-order valence-electron chi connectivity index (χ1n) is 4.00. The van der Waals surface area contributed by atoms with Gasteiger partial charge in [-0.05, 0) is 6.92 Å². The van der Waals surface area contributed by atoms with Crippen LogP contribution in [-0.2, 0) is 0 Å². The third kappa shape index (κ3) is 2.09. The summed E-state index contributed by atoms with van der Waals surface area (Å²) < 4.78 is 17.6. The van der Waals surface area contributed by atoms with Crippen molar-refractivity contribution in [2.24, 2.45) is 0 Å². The average molecular weight is 213 g/mol. The van der Waals surface area contributed by atoms with Gasteiger partial charge in [-0.2, -0.15) is 0 Å². The lowest BCUT2D eigenvalue weighted by atomic mass is 10.1. The number of nitro groups is 1. The first-order valence-corrected chi connectivity index (χ1v) is 4.00. The number of hydrogen-bond donors (Lipinski definition) is 0. The minimum absolute atomic E-state index is 0.130. The molecule has 0 aliphatic carbocycles. The van der Waals surface area contributed by atoms with Crippen LogP contribution in [0.1, 0.15) is 17.3 Å². The fourth-order valence-electron chi connectivity index (χ4n) is 1.23. The van der Waals surface area contributed by atoms with Crippen molar-refractivity contribution in [1.82, 2.24) is 0 Å². The molecule has 0 aliphatic rings. The lowest BCUT2D eigenvalue weighted by Crippen LogP contribution is -2.04. The number of methoxy groups -OCH3 is 1. The molecule has 5 nitrogen and oxygen atoms in total. The molecule has 1 aromatic rings. The molecule has 1 aromatic carbocycles. The van der Waals surface area contributed by atoms with Gasteiger partial charge >= 0.3 is 0 Å². The molecule has 0 radical (unpaired) electrons. The maximum Gasteiger partial charge on any atom is 0.286 e. The molecule has 1 rings (SSSR count). The van der Waals surface area contributed by atoms with Gasteiger partial charge in [-0.25, -0.2) is 4.39 Å². The van der Waals surface area contributed by atoms with Gasteiger partial charge in [0.05, 0.1) is 18.1 Å². The van der Waals surface area contributed by atoms with E-state index < -0.39 is 22.2 Å². The number of benzene rings is 1. The van der Waals surface area contributed by atoms with Gasteiger partial charge in [0, 0.05) is 6.07 Å². The van der Waals surface area contributed by atoms with Crippen LogP contribution in [0.2, 0.25) is 0 Å². The highest BCUT2D eigenvalue weighted by atomic mass is 19.1. The van der Waals surface area contributed by atoms with E-state index in [9.17, 15) is 19.3 Å². The van der Waals surface area contributed by atoms with Gasteiger partial charge in [0.2, 0.25) is 0 Å². The van der Waals surface area contributed by atoms with E-state index in [1.54, 1.807) is 0 Å². The first-order chi connectivity index (χ1) is 6.97. The van der Waals surface area contributed by atoms with E-state index in [2.05, 4.69) is 0 Å². The van der Waals surface area contributed by atoms with E-state index in [1.165, 1.54) is 7.11 Å². The molecule has 0 atom stereocenters. The van der Waals surface area contributed by atoms with Crippen molar-refractivity contribution in [2.75, 3.05) is 7.11 Å². The summed E-state index contributed by atoms with van der Waals surface area (Å²) in [5.74, 6) is -1.49. The van der Waals surface area contributed by atoms with Crippen LogP contribution >= 0.6 is 0 Å². The lowest BCUT2D eigenvalue weighted by Gasteiger charge is -2.06. The van der Waals surface area contributed by atoms with E-state index in [1.807, 2.05) is 0 Å². The van der Waals surface area contributed by atoms with Crippen molar-refractivity contribution < 1.29 is 18.8 Å². The molecule has 0 unspecified atom stereocenters. The van der Waals surface area contributed by atoms with Crippen LogP contribution in [0, 0.1) is 15.9 Å². The Kier molecular flexibility index (Phi) is 2.99. The number of ether oxygens (including phenoxy) is 1. The van der Waals surface area contributed by atoms with Gasteiger partial charge in [0.15, 0.2) is 5.78 Å². The normalized spacial score (nSPS) is 9.80. The molecule has 0 amide bonds. The molecule has 15 heavy (non-hydrogen) atoms. The van der Waals surface area contributed by atoms with E-state index >= 15 is 0 Å². The van der Waals surface area contributed by atoms with Crippen molar-refractivity contribution in [2.45, 2.75) is 6.92 Å². The van der Waals surface area contributed by atoms with E-state index in [4.69, 9.17) is 4.74 Å². The molecule has 0 saturated carbocycles. The number of Topliss-reactive ketones (excluding diaryl/α,β-unsaturated/α-hetero) is 1. The largest absolute Gasteiger partial charge is 0.496 e. The van der Waals surface area contributed by atoms with Crippen LogP contribution in [0.25, 0.3) is 0 Å². The SMILES string of the molecule is COc1cc(F)cc([N+](=O)[O-])c1C(C)=O. The summed E-state index contributed by atoms with van der Waals surface area (Å²) in [7, 11) is 1.21. The molecule has 80 valence electrons. The van der Waals surface area contributed by atoms with Gasteiger partial charge < -0.3 is 4.74 Å². The summed E-state index contributed by atoms with van der Waals surface area (Å²) in [4.78, 5) is 20.9. The van der Waals surface area contributed by atoms with Crippen LogP contribution in [0.5, 0.6) is 5.75 Å². The van der Waals surface area contributed by atoms with Gasteiger partial charge in [0.25, 0.3) is 5.69 Å². The van der Waals surface area contributed by atoms with Crippen molar-refractivity contribution in [3.05, 3.63) is 33.6 Å². The second-order valence-electron chi connectivity index (χ2n) is 2.82. The third-order valence-electron chi connectivity index (χ3n) is 1.81. The maximum atomic E-state index is 12.9. The topological polar surface area (TPSA) is 69.4 Å². The number of ketones is 1. The van der Waals surface area contributed by atoms with Crippen LogP contribution in [0.15, 0.2) is 12.1 Å².